The van der Waals surface area contributed by atoms with Crippen LogP contribution in [0.4, 0.5) is 10.5 Å². The number of primary amides is 1. The summed E-state index contributed by atoms with van der Waals surface area (Å²) in [5.41, 5.74) is 7.36. The third-order valence-electron chi connectivity index (χ3n) is 4.68. The van der Waals surface area contributed by atoms with Gasteiger partial charge in [0.05, 0.1) is 15.6 Å². The molecule has 2 N–H and O–H groups in total. The van der Waals surface area contributed by atoms with Crippen molar-refractivity contribution in [2.45, 2.75) is 38.2 Å². The second-order valence-corrected chi connectivity index (χ2v) is 8.54. The number of carbonyl (C=O) groups is 1. The Labute approximate surface area is 178 Å². The second kappa shape index (κ2) is 9.04. The molecule has 0 spiro atoms. The lowest BCUT2D eigenvalue weighted by Crippen LogP contribution is -2.33. The van der Waals surface area contributed by atoms with Crippen molar-refractivity contribution in [1.29, 1.82) is 0 Å². The molecule has 0 saturated carbocycles. The highest BCUT2D eigenvalue weighted by Crippen LogP contribution is 2.35. The number of non-ortho nitro benzene ring substituents is 1. The molecule has 0 radical (unpaired) electrons. The summed E-state index contributed by atoms with van der Waals surface area (Å²) >= 11 is 1.55. The van der Waals surface area contributed by atoms with Crippen molar-refractivity contribution in [3.63, 3.8) is 0 Å². The van der Waals surface area contributed by atoms with E-state index in [1.807, 2.05) is 49.6 Å². The molecule has 1 heterocycles. The van der Waals surface area contributed by atoms with Crippen LogP contribution in [-0.4, -0.2) is 21.6 Å². The van der Waals surface area contributed by atoms with Crippen LogP contribution in [0.25, 0.3) is 11.3 Å². The molecule has 3 aromatic rings. The molecule has 0 aliphatic carbocycles. The summed E-state index contributed by atoms with van der Waals surface area (Å²) in [5, 5.41) is 13.8. The fraction of sp³-hybridized carbons (Fsp3) is 0.273. The summed E-state index contributed by atoms with van der Waals surface area (Å²) < 4.78 is 5.30. The monoisotopic (exact) mass is 425 g/mol. The molecule has 3 rings (SSSR count). The van der Waals surface area contributed by atoms with Gasteiger partial charge in [-0.25, -0.2) is 9.78 Å². The number of nitro benzene ring substituents is 1. The van der Waals surface area contributed by atoms with Crippen LogP contribution in [0.5, 0.6) is 0 Å². The molecule has 0 saturated heterocycles. The van der Waals surface area contributed by atoms with Crippen LogP contribution in [0.2, 0.25) is 0 Å². The van der Waals surface area contributed by atoms with E-state index in [0.29, 0.717) is 12.8 Å². The van der Waals surface area contributed by atoms with E-state index in [1.165, 1.54) is 12.1 Å². The number of nitro groups is 1. The predicted molar refractivity (Wildman–Crippen MR) is 116 cm³/mol. The largest absolute Gasteiger partial charge is 0.444 e. The zero-order chi connectivity index (χ0) is 21.7. The lowest BCUT2D eigenvalue weighted by atomic mass is 9.88. The number of thiazole rings is 1. The van der Waals surface area contributed by atoms with Crippen molar-refractivity contribution in [2.75, 3.05) is 0 Å². The quantitative estimate of drug-likeness (QED) is 0.389. The van der Waals surface area contributed by atoms with Gasteiger partial charge in [-0.3, -0.25) is 10.1 Å². The SMILES string of the molecule is CC(C)(CC(Cc1ccc([N+](=O)[O-])cc1)c1nc(-c2ccccc2)cs1)OC(N)=O. The number of nitrogens with two attached hydrogens (primary N) is 1. The standard InChI is InChI=1S/C22H23N3O4S/c1-22(2,29-21(23)26)13-17(12-15-8-10-18(11-9-15)25(27)28)20-24-19(14-30-20)16-6-4-3-5-7-16/h3-11,14,17H,12-13H2,1-2H3,(H2,23,26). The number of ether oxygens (including phenoxy) is 1. The predicted octanol–water partition coefficient (Wildman–Crippen LogP) is 5.31. The van der Waals surface area contributed by atoms with Gasteiger partial charge in [0.1, 0.15) is 5.60 Å². The van der Waals surface area contributed by atoms with Crippen molar-refractivity contribution in [3.8, 4) is 11.3 Å². The lowest BCUT2D eigenvalue weighted by molar-refractivity contribution is -0.384. The van der Waals surface area contributed by atoms with Crippen LogP contribution in [0.15, 0.2) is 60.0 Å². The Hall–Kier alpha value is -3.26. The van der Waals surface area contributed by atoms with Gasteiger partial charge in [0.15, 0.2) is 0 Å². The van der Waals surface area contributed by atoms with Crippen LogP contribution < -0.4 is 5.73 Å². The van der Waals surface area contributed by atoms with Gasteiger partial charge in [0.25, 0.3) is 5.69 Å². The first-order valence-corrected chi connectivity index (χ1v) is 10.3. The summed E-state index contributed by atoms with van der Waals surface area (Å²) in [5.74, 6) is -0.0525. The van der Waals surface area contributed by atoms with E-state index in [1.54, 1.807) is 23.5 Å². The zero-order valence-corrected chi connectivity index (χ0v) is 17.6. The topological polar surface area (TPSA) is 108 Å². The van der Waals surface area contributed by atoms with Gasteiger partial charge in [0, 0.05) is 29.0 Å². The molecule has 30 heavy (non-hydrogen) atoms. The molecule has 2 aromatic carbocycles. The molecule has 0 fully saturated rings. The first-order valence-electron chi connectivity index (χ1n) is 9.46. The average molecular weight is 426 g/mol. The van der Waals surface area contributed by atoms with Crippen molar-refractivity contribution in [2.24, 2.45) is 5.73 Å². The molecule has 8 heteroatoms. The number of hydrogen-bond donors (Lipinski definition) is 1. The Balaban J connectivity index is 1.88. The van der Waals surface area contributed by atoms with Gasteiger partial charge < -0.3 is 10.5 Å². The van der Waals surface area contributed by atoms with Gasteiger partial charge >= 0.3 is 6.09 Å². The van der Waals surface area contributed by atoms with E-state index < -0.39 is 16.6 Å². The molecule has 0 aliphatic rings. The first kappa shape index (κ1) is 21.4. The number of benzene rings is 2. The normalized spacial score (nSPS) is 12.3. The van der Waals surface area contributed by atoms with Crippen molar-refractivity contribution in [1.82, 2.24) is 4.98 Å². The molecule has 0 bridgehead atoms. The van der Waals surface area contributed by atoms with Crippen molar-refractivity contribution >= 4 is 23.1 Å². The molecule has 1 amide bonds. The van der Waals surface area contributed by atoms with Gasteiger partial charge in [-0.15, -0.1) is 11.3 Å². The fourth-order valence-electron chi connectivity index (χ4n) is 3.41. The maximum absolute atomic E-state index is 11.3. The van der Waals surface area contributed by atoms with Crippen LogP contribution in [0.3, 0.4) is 0 Å². The lowest BCUT2D eigenvalue weighted by Gasteiger charge is -2.28. The Bertz CT molecular complexity index is 1020. The number of carbonyl (C=O) groups excluding carboxylic acids is 1. The van der Waals surface area contributed by atoms with E-state index in [0.717, 1.165) is 21.8 Å². The highest BCUT2D eigenvalue weighted by molar-refractivity contribution is 7.10. The summed E-state index contributed by atoms with van der Waals surface area (Å²) in [7, 11) is 0. The van der Waals surface area contributed by atoms with Crippen LogP contribution in [-0.2, 0) is 11.2 Å². The minimum absolute atomic E-state index is 0.0494. The van der Waals surface area contributed by atoms with Crippen molar-refractivity contribution < 1.29 is 14.5 Å². The van der Waals surface area contributed by atoms with Crippen LogP contribution >= 0.6 is 11.3 Å². The zero-order valence-electron chi connectivity index (χ0n) is 16.8. The first-order chi connectivity index (χ1) is 14.2. The Morgan fingerprint density at radius 2 is 1.87 bits per heavy atom. The molecular weight excluding hydrogens is 402 g/mol. The number of hydrogen-bond acceptors (Lipinski definition) is 6. The minimum atomic E-state index is -0.821. The maximum Gasteiger partial charge on any atom is 0.405 e. The third kappa shape index (κ3) is 5.64. The molecule has 156 valence electrons. The molecule has 1 unspecified atom stereocenters. The van der Waals surface area contributed by atoms with E-state index in [2.05, 4.69) is 0 Å². The number of aromatic nitrogens is 1. The summed E-state index contributed by atoms with van der Waals surface area (Å²) in [6.07, 6.45) is 0.290. The number of nitrogens with zero attached hydrogens (tertiary/aromatic N) is 2. The number of rotatable bonds is 8. The van der Waals surface area contributed by atoms with Gasteiger partial charge in [-0.05, 0) is 32.3 Å². The molecule has 1 aromatic heterocycles. The van der Waals surface area contributed by atoms with Crippen molar-refractivity contribution in [3.05, 3.63) is 80.7 Å². The Kier molecular flexibility index (Phi) is 6.47. The smallest absolute Gasteiger partial charge is 0.405 e. The van der Waals surface area contributed by atoms with Crippen LogP contribution in [0.1, 0.15) is 36.8 Å². The van der Waals surface area contributed by atoms with E-state index in [-0.39, 0.29) is 11.6 Å². The Morgan fingerprint density at radius 3 is 2.47 bits per heavy atom. The van der Waals surface area contributed by atoms with Crippen LogP contribution in [0, 0.1) is 10.1 Å². The molecule has 7 nitrogen and oxygen atoms in total. The number of amides is 1. The second-order valence-electron chi connectivity index (χ2n) is 7.65. The maximum atomic E-state index is 11.3. The summed E-state index contributed by atoms with van der Waals surface area (Å²) in [4.78, 5) is 26.6. The summed E-state index contributed by atoms with van der Waals surface area (Å²) in [6, 6.07) is 16.4. The third-order valence-corrected chi connectivity index (χ3v) is 5.69. The van der Waals surface area contributed by atoms with Gasteiger partial charge in [0.2, 0.25) is 0 Å². The molecule has 0 aliphatic heterocycles. The van der Waals surface area contributed by atoms with E-state index >= 15 is 0 Å². The highest BCUT2D eigenvalue weighted by Gasteiger charge is 2.29. The van der Waals surface area contributed by atoms with Gasteiger partial charge in [-0.1, -0.05) is 42.5 Å². The van der Waals surface area contributed by atoms with Gasteiger partial charge in [-0.2, -0.15) is 0 Å². The summed E-state index contributed by atoms with van der Waals surface area (Å²) in [6.45, 7) is 3.62. The molecule has 1 atom stereocenters. The van der Waals surface area contributed by atoms with E-state index in [4.69, 9.17) is 15.5 Å². The fourth-order valence-corrected chi connectivity index (χ4v) is 4.34. The average Bonchev–Trinajstić information content (AvgIpc) is 3.17. The Morgan fingerprint density at radius 1 is 1.20 bits per heavy atom. The van der Waals surface area contributed by atoms with E-state index in [9.17, 15) is 14.9 Å². The molecular formula is C22H23N3O4S. The minimum Gasteiger partial charge on any atom is -0.444 e. The highest BCUT2D eigenvalue weighted by atomic mass is 32.1.